The van der Waals surface area contributed by atoms with E-state index in [-0.39, 0.29) is 11.4 Å². The highest BCUT2D eigenvalue weighted by atomic mass is 35.5. The molecule has 0 aliphatic rings. The number of halogens is 1. The molecule has 1 aromatic rings. The van der Waals surface area contributed by atoms with Crippen molar-refractivity contribution in [3.63, 3.8) is 0 Å². The van der Waals surface area contributed by atoms with E-state index >= 15 is 0 Å². The number of benzene rings is 1. The van der Waals surface area contributed by atoms with Crippen molar-refractivity contribution in [1.82, 2.24) is 5.32 Å². The van der Waals surface area contributed by atoms with Gasteiger partial charge in [0.1, 0.15) is 9.84 Å². The maximum atomic E-state index is 10.9. The molecule has 0 fully saturated rings. The number of nitro groups is 1. The molecule has 0 radical (unpaired) electrons. The van der Waals surface area contributed by atoms with Crippen LogP contribution in [-0.4, -0.2) is 31.9 Å². The maximum Gasteiger partial charge on any atom is 0.269 e. The number of nitro benzene ring substituents is 1. The average Bonchev–Trinajstić information content (AvgIpc) is 2.29. The van der Waals surface area contributed by atoms with E-state index in [2.05, 4.69) is 5.32 Å². The van der Waals surface area contributed by atoms with Crippen molar-refractivity contribution in [2.24, 2.45) is 0 Å². The molecule has 0 aliphatic heterocycles. The number of non-ortho nitro benzene ring substituents is 1. The number of sulfone groups is 1. The molecule has 0 saturated heterocycles. The third-order valence-electron chi connectivity index (χ3n) is 2.42. The summed E-state index contributed by atoms with van der Waals surface area (Å²) in [6, 6.07) is 4.23. The summed E-state index contributed by atoms with van der Waals surface area (Å²) in [5.41, 5.74) is 0.604. The quantitative estimate of drug-likeness (QED) is 0.471. The molecule has 0 bridgehead atoms. The van der Waals surface area contributed by atoms with Crippen LogP contribution in [0.5, 0.6) is 0 Å². The Labute approximate surface area is 116 Å². The molecule has 8 heteroatoms. The largest absolute Gasteiger partial charge is 0.313 e. The van der Waals surface area contributed by atoms with Gasteiger partial charge in [0.2, 0.25) is 0 Å². The highest BCUT2D eigenvalue weighted by molar-refractivity contribution is 7.90. The van der Waals surface area contributed by atoms with E-state index in [1.165, 1.54) is 24.5 Å². The van der Waals surface area contributed by atoms with E-state index in [4.69, 9.17) is 11.6 Å². The van der Waals surface area contributed by atoms with E-state index in [1.807, 2.05) is 0 Å². The molecule has 0 aromatic heterocycles. The number of hydrogen-bond donors (Lipinski definition) is 1. The Morgan fingerprint density at radius 3 is 2.68 bits per heavy atom. The standard InChI is InChI=1S/C11H15ClN2O4S/c1-19(17,18)6-2-5-13-8-9-7-10(14(15)16)3-4-11(9)12/h3-4,7,13H,2,5-6,8H2,1H3. The van der Waals surface area contributed by atoms with Crippen LogP contribution in [-0.2, 0) is 16.4 Å². The van der Waals surface area contributed by atoms with Crippen molar-refractivity contribution in [2.75, 3.05) is 18.6 Å². The van der Waals surface area contributed by atoms with Gasteiger partial charge in [-0.05, 0) is 24.6 Å². The number of nitrogens with zero attached hydrogens (tertiary/aromatic N) is 1. The lowest BCUT2D eigenvalue weighted by Crippen LogP contribution is -2.18. The minimum Gasteiger partial charge on any atom is -0.313 e. The fourth-order valence-corrected chi connectivity index (χ4v) is 2.35. The van der Waals surface area contributed by atoms with Gasteiger partial charge in [-0.2, -0.15) is 0 Å². The van der Waals surface area contributed by atoms with Gasteiger partial charge in [0, 0.05) is 30.0 Å². The number of nitrogens with one attached hydrogen (secondary N) is 1. The zero-order valence-corrected chi connectivity index (χ0v) is 12.0. The maximum absolute atomic E-state index is 10.9. The molecule has 0 aliphatic carbocycles. The van der Waals surface area contributed by atoms with Crippen molar-refractivity contribution < 1.29 is 13.3 Å². The lowest BCUT2D eigenvalue weighted by Gasteiger charge is -2.06. The summed E-state index contributed by atoms with van der Waals surface area (Å²) in [7, 11) is -2.95. The Hall–Kier alpha value is -1.18. The van der Waals surface area contributed by atoms with Gasteiger partial charge < -0.3 is 5.32 Å². The van der Waals surface area contributed by atoms with Crippen LogP contribution >= 0.6 is 11.6 Å². The second kappa shape index (κ2) is 6.83. The lowest BCUT2D eigenvalue weighted by molar-refractivity contribution is -0.384. The van der Waals surface area contributed by atoms with Crippen LogP contribution in [0.3, 0.4) is 0 Å². The molecule has 1 aromatic carbocycles. The summed E-state index contributed by atoms with van der Waals surface area (Å²) < 4.78 is 21.8. The van der Waals surface area contributed by atoms with Crippen LogP contribution in [0.15, 0.2) is 18.2 Å². The molecule has 0 heterocycles. The van der Waals surface area contributed by atoms with Crippen LogP contribution in [0.25, 0.3) is 0 Å². The number of hydrogen-bond acceptors (Lipinski definition) is 5. The Kier molecular flexibility index (Phi) is 5.71. The Morgan fingerprint density at radius 1 is 1.42 bits per heavy atom. The molecular formula is C11H15ClN2O4S. The first-order chi connectivity index (χ1) is 8.79. The molecule has 0 saturated carbocycles. The molecule has 19 heavy (non-hydrogen) atoms. The first kappa shape index (κ1) is 15.9. The van der Waals surface area contributed by atoms with E-state index in [1.54, 1.807) is 0 Å². The van der Waals surface area contributed by atoms with Crippen LogP contribution in [0.1, 0.15) is 12.0 Å². The Morgan fingerprint density at radius 2 is 2.11 bits per heavy atom. The monoisotopic (exact) mass is 306 g/mol. The zero-order chi connectivity index (χ0) is 14.5. The molecule has 1 N–H and O–H groups in total. The first-order valence-corrected chi connectivity index (χ1v) is 8.05. The van der Waals surface area contributed by atoms with Crippen LogP contribution in [0.4, 0.5) is 5.69 Å². The third kappa shape index (κ3) is 6.00. The molecule has 0 spiro atoms. The fourth-order valence-electron chi connectivity index (χ4n) is 1.49. The van der Waals surface area contributed by atoms with Crippen molar-refractivity contribution >= 4 is 27.1 Å². The SMILES string of the molecule is CS(=O)(=O)CCCNCc1cc([N+](=O)[O-])ccc1Cl. The average molecular weight is 307 g/mol. The summed E-state index contributed by atoms with van der Waals surface area (Å²) in [6.45, 7) is 0.871. The fraction of sp³-hybridized carbons (Fsp3) is 0.455. The predicted molar refractivity (Wildman–Crippen MR) is 74.1 cm³/mol. The third-order valence-corrected chi connectivity index (χ3v) is 3.82. The summed E-state index contributed by atoms with van der Waals surface area (Å²) in [5, 5.41) is 14.1. The van der Waals surface area contributed by atoms with Crippen molar-refractivity contribution in [1.29, 1.82) is 0 Å². The highest BCUT2D eigenvalue weighted by Crippen LogP contribution is 2.21. The summed E-state index contributed by atoms with van der Waals surface area (Å²) in [4.78, 5) is 10.1. The van der Waals surface area contributed by atoms with Crippen molar-refractivity contribution in [2.45, 2.75) is 13.0 Å². The smallest absolute Gasteiger partial charge is 0.269 e. The molecule has 6 nitrogen and oxygen atoms in total. The summed E-state index contributed by atoms with van der Waals surface area (Å²) in [5.74, 6) is 0.114. The normalized spacial score (nSPS) is 11.5. The van der Waals surface area contributed by atoms with Gasteiger partial charge in [-0.25, -0.2) is 8.42 Å². The van der Waals surface area contributed by atoms with E-state index < -0.39 is 14.8 Å². The van der Waals surface area contributed by atoms with Gasteiger partial charge in [-0.3, -0.25) is 10.1 Å². The summed E-state index contributed by atoms with van der Waals surface area (Å²) >= 11 is 5.93. The second-order valence-corrected chi connectivity index (χ2v) is 6.86. The highest BCUT2D eigenvalue weighted by Gasteiger charge is 2.09. The molecule has 0 unspecified atom stereocenters. The van der Waals surface area contributed by atoms with Gasteiger partial charge in [0.25, 0.3) is 5.69 Å². The van der Waals surface area contributed by atoms with Gasteiger partial charge in [-0.15, -0.1) is 0 Å². The molecule has 106 valence electrons. The minimum atomic E-state index is -2.95. The Balaban J connectivity index is 2.49. The topological polar surface area (TPSA) is 89.3 Å². The zero-order valence-electron chi connectivity index (χ0n) is 10.4. The van der Waals surface area contributed by atoms with E-state index in [9.17, 15) is 18.5 Å². The van der Waals surface area contributed by atoms with E-state index in [0.29, 0.717) is 30.1 Å². The Bertz CT molecular complexity index is 560. The molecule has 0 amide bonds. The number of rotatable bonds is 7. The van der Waals surface area contributed by atoms with Gasteiger partial charge in [0.15, 0.2) is 0 Å². The summed E-state index contributed by atoms with van der Waals surface area (Å²) in [6.07, 6.45) is 1.68. The van der Waals surface area contributed by atoms with Crippen molar-refractivity contribution in [3.8, 4) is 0 Å². The van der Waals surface area contributed by atoms with Gasteiger partial charge in [-0.1, -0.05) is 11.6 Å². The lowest BCUT2D eigenvalue weighted by atomic mass is 10.2. The van der Waals surface area contributed by atoms with Gasteiger partial charge in [0.05, 0.1) is 10.7 Å². The van der Waals surface area contributed by atoms with Crippen LogP contribution in [0.2, 0.25) is 5.02 Å². The molecular weight excluding hydrogens is 292 g/mol. The van der Waals surface area contributed by atoms with E-state index in [0.717, 1.165) is 0 Å². The van der Waals surface area contributed by atoms with Crippen LogP contribution in [0, 0.1) is 10.1 Å². The van der Waals surface area contributed by atoms with Crippen LogP contribution < -0.4 is 5.32 Å². The molecule has 0 atom stereocenters. The van der Waals surface area contributed by atoms with Gasteiger partial charge >= 0.3 is 0 Å². The predicted octanol–water partition coefficient (Wildman–Crippen LogP) is 1.77. The second-order valence-electron chi connectivity index (χ2n) is 4.19. The molecule has 1 rings (SSSR count). The first-order valence-electron chi connectivity index (χ1n) is 5.61. The van der Waals surface area contributed by atoms with Crippen molar-refractivity contribution in [3.05, 3.63) is 38.9 Å². The minimum absolute atomic E-state index is 0.0164.